The molecule has 2 aliphatic rings. The van der Waals surface area contributed by atoms with Crippen molar-refractivity contribution < 1.29 is 19.1 Å². The lowest BCUT2D eigenvalue weighted by Gasteiger charge is -2.59. The summed E-state index contributed by atoms with van der Waals surface area (Å²) in [6, 6.07) is 1.49. The van der Waals surface area contributed by atoms with Gasteiger partial charge < -0.3 is 14.3 Å². The van der Waals surface area contributed by atoms with Crippen molar-refractivity contribution >= 4 is 5.97 Å². The molecule has 182 valence electrons. The van der Waals surface area contributed by atoms with Crippen LogP contribution in [0.15, 0.2) is 38.6 Å². The van der Waals surface area contributed by atoms with Crippen LogP contribution in [0.25, 0.3) is 0 Å². The molecule has 5 heteroatoms. The molecule has 0 spiro atoms. The number of hydrogen-bond donors (Lipinski definition) is 1. The number of rotatable bonds is 6. The molecule has 0 saturated heterocycles. The molecule has 2 aliphatic carbocycles. The van der Waals surface area contributed by atoms with Gasteiger partial charge in [-0.1, -0.05) is 44.1 Å². The van der Waals surface area contributed by atoms with Gasteiger partial charge in [-0.05, 0) is 70.1 Å². The van der Waals surface area contributed by atoms with Gasteiger partial charge in [0.25, 0.3) is 0 Å². The third-order valence-corrected chi connectivity index (χ3v) is 8.43. The summed E-state index contributed by atoms with van der Waals surface area (Å²) in [5, 5.41) is 10.1. The summed E-state index contributed by atoms with van der Waals surface area (Å²) in [4.78, 5) is 23.8. The Morgan fingerprint density at radius 2 is 1.97 bits per heavy atom. The van der Waals surface area contributed by atoms with E-state index < -0.39 is 5.63 Å². The Balaban J connectivity index is 1.74. The Morgan fingerprint density at radius 3 is 2.61 bits per heavy atom. The zero-order valence-electron chi connectivity index (χ0n) is 21.3. The topological polar surface area (TPSA) is 76.7 Å². The van der Waals surface area contributed by atoms with Gasteiger partial charge >= 0.3 is 11.6 Å². The quantitative estimate of drug-likeness (QED) is 0.404. The van der Waals surface area contributed by atoms with Crippen molar-refractivity contribution in [3.8, 4) is 5.75 Å². The second kappa shape index (κ2) is 9.52. The normalized spacial score (nSPS) is 29.2. The van der Waals surface area contributed by atoms with Gasteiger partial charge in [0.05, 0.1) is 5.56 Å². The van der Waals surface area contributed by atoms with E-state index in [1.165, 1.54) is 24.1 Å². The summed E-state index contributed by atoms with van der Waals surface area (Å²) in [6.45, 7) is 14.5. The first-order valence-electron chi connectivity index (χ1n) is 12.2. The van der Waals surface area contributed by atoms with Gasteiger partial charge in [-0.2, -0.15) is 0 Å². The van der Waals surface area contributed by atoms with Crippen molar-refractivity contribution in [1.29, 1.82) is 0 Å². The number of esters is 1. The average molecular weight is 457 g/mol. The van der Waals surface area contributed by atoms with E-state index in [1.54, 1.807) is 6.92 Å². The van der Waals surface area contributed by atoms with Crippen molar-refractivity contribution in [2.45, 2.75) is 93.1 Å². The number of aryl methyl sites for hydroxylation is 1. The highest BCUT2D eigenvalue weighted by Gasteiger charge is 2.56. The van der Waals surface area contributed by atoms with Gasteiger partial charge in [0.15, 0.2) is 0 Å². The molecule has 3 rings (SSSR count). The summed E-state index contributed by atoms with van der Waals surface area (Å²) in [5.41, 5.74) is 2.60. The highest BCUT2D eigenvalue weighted by molar-refractivity contribution is 5.66. The minimum absolute atomic E-state index is 0.000910. The van der Waals surface area contributed by atoms with Crippen molar-refractivity contribution in [1.82, 2.24) is 0 Å². The van der Waals surface area contributed by atoms with Crippen LogP contribution < -0.4 is 5.63 Å². The second-order valence-electron chi connectivity index (χ2n) is 11.1. The number of carbonyl (C=O) groups excluding carboxylic acids is 1. The molecule has 5 nitrogen and oxygen atoms in total. The molecule has 1 aromatic heterocycles. The van der Waals surface area contributed by atoms with E-state index in [0.29, 0.717) is 29.6 Å². The van der Waals surface area contributed by atoms with E-state index >= 15 is 0 Å². The van der Waals surface area contributed by atoms with Crippen molar-refractivity contribution in [2.24, 2.45) is 22.7 Å². The van der Waals surface area contributed by atoms with Gasteiger partial charge in [0.2, 0.25) is 0 Å². The molecule has 0 bridgehead atoms. The molecule has 4 atom stereocenters. The Morgan fingerprint density at radius 1 is 1.27 bits per heavy atom. The summed E-state index contributed by atoms with van der Waals surface area (Å²) < 4.78 is 10.9. The molecule has 1 heterocycles. The van der Waals surface area contributed by atoms with E-state index in [2.05, 4.69) is 40.7 Å². The van der Waals surface area contributed by atoms with Crippen molar-refractivity contribution in [2.75, 3.05) is 0 Å². The van der Waals surface area contributed by atoms with Crippen molar-refractivity contribution in [3.63, 3.8) is 0 Å². The first kappa shape index (κ1) is 25.3. The summed E-state index contributed by atoms with van der Waals surface area (Å²) in [5.74, 6) is 1.15. The number of hydrogen-bond acceptors (Lipinski definition) is 5. The minimum atomic E-state index is -0.468. The van der Waals surface area contributed by atoms with E-state index in [1.807, 2.05) is 6.08 Å². The lowest BCUT2D eigenvalue weighted by atomic mass is 9.47. The number of fused-ring (bicyclic) bond motifs is 1. The van der Waals surface area contributed by atoms with Crippen LogP contribution in [0.2, 0.25) is 0 Å². The SMILES string of the molecule is CC(=O)O[C@H]1CC[C@]2(C)[C@@H](CC/C(C)=C/Cc3c(O)cc(C)oc3=O)C(C)=CC[C@H]2C1(C)C. The van der Waals surface area contributed by atoms with Crippen LogP contribution in [-0.4, -0.2) is 17.2 Å². The van der Waals surface area contributed by atoms with Crippen LogP contribution in [0.1, 0.15) is 85.0 Å². The molecule has 1 fully saturated rings. The first-order valence-corrected chi connectivity index (χ1v) is 12.2. The Hall–Kier alpha value is -2.30. The maximum Gasteiger partial charge on any atom is 0.343 e. The van der Waals surface area contributed by atoms with Crippen LogP contribution in [-0.2, 0) is 16.0 Å². The average Bonchev–Trinajstić information content (AvgIpc) is 2.68. The monoisotopic (exact) mass is 456 g/mol. The van der Waals surface area contributed by atoms with Crippen LogP contribution in [0.5, 0.6) is 5.75 Å². The third-order valence-electron chi connectivity index (χ3n) is 8.43. The maximum absolute atomic E-state index is 12.1. The third kappa shape index (κ3) is 5.12. The molecule has 1 saturated carbocycles. The Kier molecular flexibility index (Phi) is 7.30. The molecular weight excluding hydrogens is 416 g/mol. The van der Waals surface area contributed by atoms with Crippen LogP contribution in [0, 0.1) is 29.6 Å². The smallest absolute Gasteiger partial charge is 0.343 e. The second-order valence-corrected chi connectivity index (χ2v) is 11.1. The lowest BCUT2D eigenvalue weighted by molar-refractivity contribution is -0.171. The number of allylic oxidation sites excluding steroid dienone is 4. The molecule has 0 radical (unpaired) electrons. The minimum Gasteiger partial charge on any atom is -0.507 e. The predicted octanol–water partition coefficient (Wildman–Crippen LogP) is 6.26. The zero-order valence-corrected chi connectivity index (χ0v) is 21.3. The fourth-order valence-electron chi connectivity index (χ4n) is 6.55. The Bertz CT molecular complexity index is 1010. The summed E-state index contributed by atoms with van der Waals surface area (Å²) in [6.07, 6.45) is 9.73. The molecule has 1 N–H and O–H groups in total. The molecule has 0 unspecified atom stereocenters. The fraction of sp³-hybridized carbons (Fsp3) is 0.643. The highest BCUT2D eigenvalue weighted by Crippen LogP contribution is 2.61. The summed E-state index contributed by atoms with van der Waals surface area (Å²) in [7, 11) is 0. The van der Waals surface area contributed by atoms with Gasteiger partial charge in [0.1, 0.15) is 17.6 Å². The number of aromatic hydroxyl groups is 1. The van der Waals surface area contributed by atoms with Gasteiger partial charge in [-0.3, -0.25) is 4.79 Å². The van der Waals surface area contributed by atoms with Crippen LogP contribution in [0.4, 0.5) is 0 Å². The number of ether oxygens (including phenoxy) is 1. The highest BCUT2D eigenvalue weighted by atomic mass is 16.5. The lowest BCUT2D eigenvalue weighted by Crippen LogP contribution is -2.55. The number of carbonyl (C=O) groups is 1. The van der Waals surface area contributed by atoms with Gasteiger partial charge in [0, 0.05) is 24.8 Å². The zero-order chi connectivity index (χ0) is 24.6. The predicted molar refractivity (Wildman–Crippen MR) is 130 cm³/mol. The molecule has 0 amide bonds. The standard InChI is InChI=1S/C28H40O5/c1-17(8-11-21-23(30)16-19(3)32-26(21)31)9-12-22-18(2)10-13-24-27(5,6)25(33-20(4)29)14-15-28(22,24)7/h8,10,16,22,24-25,30H,9,11-15H2,1-7H3/b17-8+/t22-,24-,25-,28+/m0/s1. The van der Waals surface area contributed by atoms with E-state index in [-0.39, 0.29) is 28.7 Å². The molecule has 0 aliphatic heterocycles. The van der Waals surface area contributed by atoms with Gasteiger partial charge in [-0.25, -0.2) is 4.79 Å². The molecule has 1 aromatic rings. The molecule has 0 aromatic carbocycles. The van der Waals surface area contributed by atoms with E-state index in [0.717, 1.165) is 32.1 Å². The first-order chi connectivity index (χ1) is 15.4. The molecule has 33 heavy (non-hydrogen) atoms. The van der Waals surface area contributed by atoms with Crippen molar-refractivity contribution in [3.05, 3.63) is 51.1 Å². The summed E-state index contributed by atoms with van der Waals surface area (Å²) >= 11 is 0. The Labute approximate surface area is 197 Å². The van der Waals surface area contributed by atoms with E-state index in [4.69, 9.17) is 9.15 Å². The van der Waals surface area contributed by atoms with Crippen LogP contribution >= 0.6 is 0 Å². The molecular formula is C28H40O5. The van der Waals surface area contributed by atoms with Gasteiger partial charge in [-0.15, -0.1) is 0 Å². The van der Waals surface area contributed by atoms with Crippen LogP contribution in [0.3, 0.4) is 0 Å². The fourth-order valence-corrected chi connectivity index (χ4v) is 6.55. The largest absolute Gasteiger partial charge is 0.507 e. The van der Waals surface area contributed by atoms with E-state index in [9.17, 15) is 14.7 Å². The maximum atomic E-state index is 12.1.